The van der Waals surface area contributed by atoms with Gasteiger partial charge in [-0.25, -0.2) is 0 Å². The number of hydrogen-bond donors (Lipinski definition) is 1. The van der Waals surface area contributed by atoms with Gasteiger partial charge in [-0.15, -0.1) is 0 Å². The number of carbonyl (C=O) groups is 1. The van der Waals surface area contributed by atoms with Crippen molar-refractivity contribution >= 4 is 11.6 Å². The number of hydrogen-bond acceptors (Lipinski definition) is 6. The molecule has 0 saturated carbocycles. The summed E-state index contributed by atoms with van der Waals surface area (Å²) in [4.78, 5) is 16.9. The number of benzene rings is 2. The molecule has 7 heteroatoms. The molecule has 1 saturated heterocycles. The van der Waals surface area contributed by atoms with Gasteiger partial charge in [0.15, 0.2) is 11.5 Å². The molecule has 1 aliphatic rings. The average Bonchev–Trinajstić information content (AvgIpc) is 2.79. The van der Waals surface area contributed by atoms with Crippen molar-refractivity contribution in [2.24, 2.45) is 0 Å². The lowest BCUT2D eigenvalue weighted by Gasteiger charge is -2.35. The van der Waals surface area contributed by atoms with Crippen molar-refractivity contribution in [1.82, 2.24) is 10.2 Å². The van der Waals surface area contributed by atoms with Crippen LogP contribution in [0.3, 0.4) is 0 Å². The van der Waals surface area contributed by atoms with E-state index in [-0.39, 0.29) is 5.91 Å². The minimum atomic E-state index is 0.0633. The molecule has 1 heterocycles. The van der Waals surface area contributed by atoms with Crippen molar-refractivity contribution in [3.8, 4) is 17.2 Å². The van der Waals surface area contributed by atoms with Crippen LogP contribution in [0.2, 0.25) is 0 Å². The van der Waals surface area contributed by atoms with Gasteiger partial charge in [0.25, 0.3) is 0 Å². The summed E-state index contributed by atoms with van der Waals surface area (Å²) >= 11 is 0. The van der Waals surface area contributed by atoms with E-state index in [4.69, 9.17) is 14.2 Å². The molecular weight excluding hydrogens is 382 g/mol. The van der Waals surface area contributed by atoms with E-state index < -0.39 is 0 Å². The molecule has 3 rings (SSSR count). The normalized spacial score (nSPS) is 14.3. The molecular formula is C23H31N3O4. The minimum Gasteiger partial charge on any atom is -0.497 e. The van der Waals surface area contributed by atoms with E-state index in [1.165, 1.54) is 5.69 Å². The van der Waals surface area contributed by atoms with Gasteiger partial charge in [-0.2, -0.15) is 0 Å². The summed E-state index contributed by atoms with van der Waals surface area (Å²) in [5, 5.41) is 3.02. The van der Waals surface area contributed by atoms with Gasteiger partial charge >= 0.3 is 0 Å². The fourth-order valence-corrected chi connectivity index (χ4v) is 3.60. The molecule has 0 atom stereocenters. The van der Waals surface area contributed by atoms with Crippen LogP contribution in [-0.4, -0.2) is 71.4 Å². The molecule has 0 unspecified atom stereocenters. The molecule has 1 aliphatic heterocycles. The predicted molar refractivity (Wildman–Crippen MR) is 118 cm³/mol. The SMILES string of the molecule is COc1ccc(N2CCN(CC(=O)NCCc3ccc(OC)c(OC)c3)CC2)cc1. The summed E-state index contributed by atoms with van der Waals surface area (Å²) in [6, 6.07) is 13.9. The Morgan fingerprint density at radius 1 is 0.900 bits per heavy atom. The summed E-state index contributed by atoms with van der Waals surface area (Å²) in [5.74, 6) is 2.34. The van der Waals surface area contributed by atoms with E-state index in [0.29, 0.717) is 24.6 Å². The van der Waals surface area contributed by atoms with E-state index in [2.05, 4.69) is 27.2 Å². The van der Waals surface area contributed by atoms with Gasteiger partial charge in [0.05, 0.1) is 27.9 Å². The number of rotatable bonds is 9. The highest BCUT2D eigenvalue weighted by molar-refractivity contribution is 5.78. The molecule has 0 aromatic heterocycles. The number of methoxy groups -OCH3 is 3. The number of carbonyl (C=O) groups excluding carboxylic acids is 1. The van der Waals surface area contributed by atoms with E-state index in [0.717, 1.165) is 43.9 Å². The van der Waals surface area contributed by atoms with Crippen LogP contribution in [0.4, 0.5) is 5.69 Å². The topological polar surface area (TPSA) is 63.3 Å². The van der Waals surface area contributed by atoms with Crippen molar-refractivity contribution < 1.29 is 19.0 Å². The van der Waals surface area contributed by atoms with Crippen LogP contribution in [0.15, 0.2) is 42.5 Å². The van der Waals surface area contributed by atoms with Gasteiger partial charge in [-0.3, -0.25) is 9.69 Å². The first-order chi connectivity index (χ1) is 14.6. The number of amides is 1. The first kappa shape index (κ1) is 21.8. The van der Waals surface area contributed by atoms with E-state index in [9.17, 15) is 4.79 Å². The van der Waals surface area contributed by atoms with Crippen LogP contribution in [0.1, 0.15) is 5.56 Å². The van der Waals surface area contributed by atoms with Gasteiger partial charge in [0.2, 0.25) is 5.91 Å². The Morgan fingerprint density at radius 3 is 2.23 bits per heavy atom. The molecule has 30 heavy (non-hydrogen) atoms. The smallest absolute Gasteiger partial charge is 0.234 e. The molecule has 1 amide bonds. The molecule has 0 spiro atoms. The highest BCUT2D eigenvalue weighted by Crippen LogP contribution is 2.27. The number of anilines is 1. The zero-order valence-electron chi connectivity index (χ0n) is 18.0. The maximum atomic E-state index is 12.3. The Hall–Kier alpha value is -2.93. The summed E-state index contributed by atoms with van der Waals surface area (Å²) in [6.45, 7) is 4.59. The second kappa shape index (κ2) is 10.7. The van der Waals surface area contributed by atoms with Crippen molar-refractivity contribution in [2.45, 2.75) is 6.42 Å². The van der Waals surface area contributed by atoms with Crippen LogP contribution < -0.4 is 24.4 Å². The van der Waals surface area contributed by atoms with Gasteiger partial charge in [0, 0.05) is 38.4 Å². The van der Waals surface area contributed by atoms with Gasteiger partial charge in [-0.05, 0) is 48.4 Å². The number of piperazine rings is 1. The van der Waals surface area contributed by atoms with Gasteiger partial charge < -0.3 is 24.4 Å². The third-order valence-electron chi connectivity index (χ3n) is 5.36. The highest BCUT2D eigenvalue weighted by atomic mass is 16.5. The maximum absolute atomic E-state index is 12.3. The highest BCUT2D eigenvalue weighted by Gasteiger charge is 2.19. The molecule has 162 valence electrons. The maximum Gasteiger partial charge on any atom is 0.234 e. The van der Waals surface area contributed by atoms with E-state index in [1.54, 1.807) is 21.3 Å². The van der Waals surface area contributed by atoms with Crippen LogP contribution in [0, 0.1) is 0 Å². The molecule has 2 aromatic rings. The van der Waals surface area contributed by atoms with Crippen molar-refractivity contribution in [2.75, 3.05) is 65.5 Å². The molecule has 2 aromatic carbocycles. The van der Waals surface area contributed by atoms with Crippen molar-refractivity contribution in [3.05, 3.63) is 48.0 Å². The Kier molecular flexibility index (Phi) is 7.79. The zero-order valence-corrected chi connectivity index (χ0v) is 18.0. The quantitative estimate of drug-likeness (QED) is 0.680. The zero-order chi connectivity index (χ0) is 21.3. The van der Waals surface area contributed by atoms with Crippen molar-refractivity contribution in [1.29, 1.82) is 0 Å². The summed E-state index contributed by atoms with van der Waals surface area (Å²) < 4.78 is 15.8. The third-order valence-corrected chi connectivity index (χ3v) is 5.36. The molecule has 0 aliphatic carbocycles. The number of nitrogens with zero attached hydrogens (tertiary/aromatic N) is 2. The van der Waals surface area contributed by atoms with Crippen LogP contribution in [0.25, 0.3) is 0 Å². The Morgan fingerprint density at radius 2 is 1.60 bits per heavy atom. The van der Waals surface area contributed by atoms with Crippen LogP contribution in [0.5, 0.6) is 17.2 Å². The minimum absolute atomic E-state index is 0.0633. The summed E-state index contributed by atoms with van der Waals surface area (Å²) in [5.41, 5.74) is 2.29. The van der Waals surface area contributed by atoms with E-state index in [1.807, 2.05) is 30.3 Å². The standard InChI is InChI=1S/C23H31N3O4/c1-28-20-7-5-19(6-8-20)26-14-12-25(13-15-26)17-23(27)24-11-10-18-4-9-21(29-2)22(16-18)30-3/h4-9,16H,10-15,17H2,1-3H3,(H,24,27). The molecule has 1 fully saturated rings. The Labute approximate surface area is 178 Å². The number of ether oxygens (including phenoxy) is 3. The Balaban J connectivity index is 1.38. The largest absolute Gasteiger partial charge is 0.497 e. The Bertz CT molecular complexity index is 818. The molecule has 0 bridgehead atoms. The predicted octanol–water partition coefficient (Wildman–Crippen LogP) is 2.19. The van der Waals surface area contributed by atoms with Crippen LogP contribution >= 0.6 is 0 Å². The number of nitrogens with one attached hydrogen (secondary N) is 1. The lowest BCUT2D eigenvalue weighted by atomic mass is 10.1. The summed E-state index contributed by atoms with van der Waals surface area (Å²) in [6.07, 6.45) is 0.747. The monoisotopic (exact) mass is 413 g/mol. The fraction of sp³-hybridized carbons (Fsp3) is 0.435. The van der Waals surface area contributed by atoms with E-state index >= 15 is 0 Å². The van der Waals surface area contributed by atoms with Crippen molar-refractivity contribution in [3.63, 3.8) is 0 Å². The lowest BCUT2D eigenvalue weighted by molar-refractivity contribution is -0.122. The first-order valence-corrected chi connectivity index (χ1v) is 10.2. The fourth-order valence-electron chi connectivity index (χ4n) is 3.60. The van der Waals surface area contributed by atoms with Crippen LogP contribution in [-0.2, 0) is 11.2 Å². The second-order valence-corrected chi connectivity index (χ2v) is 7.25. The average molecular weight is 414 g/mol. The second-order valence-electron chi connectivity index (χ2n) is 7.25. The van der Waals surface area contributed by atoms with Gasteiger partial charge in [-0.1, -0.05) is 6.07 Å². The first-order valence-electron chi connectivity index (χ1n) is 10.2. The molecule has 7 nitrogen and oxygen atoms in total. The lowest BCUT2D eigenvalue weighted by Crippen LogP contribution is -2.49. The molecule has 1 N–H and O–H groups in total. The van der Waals surface area contributed by atoms with Gasteiger partial charge in [0.1, 0.15) is 5.75 Å². The summed E-state index contributed by atoms with van der Waals surface area (Å²) in [7, 11) is 4.92. The third kappa shape index (κ3) is 5.79. The molecule has 0 radical (unpaired) electrons.